The lowest BCUT2D eigenvalue weighted by molar-refractivity contribution is -0.138. The van der Waals surface area contributed by atoms with E-state index in [-0.39, 0.29) is 5.92 Å². The van der Waals surface area contributed by atoms with E-state index in [2.05, 4.69) is 27.2 Å². The molecule has 0 saturated heterocycles. The van der Waals surface area contributed by atoms with Crippen molar-refractivity contribution < 1.29 is 9.90 Å². The second kappa shape index (κ2) is 7.14. The number of thiophene rings is 1. The molecule has 6 nitrogen and oxygen atoms in total. The predicted molar refractivity (Wildman–Crippen MR) is 99.9 cm³/mol. The molecule has 2 N–H and O–H groups in total. The van der Waals surface area contributed by atoms with Crippen molar-refractivity contribution in [1.29, 1.82) is 0 Å². The van der Waals surface area contributed by atoms with Gasteiger partial charge in [-0.3, -0.25) is 4.98 Å². The van der Waals surface area contributed by atoms with Crippen LogP contribution >= 0.6 is 11.3 Å². The SMILES string of the molecule is CCc1cc2c(NC(C(=O)O)C(C)C)nc(-c3cccnc3)nc2s1. The van der Waals surface area contributed by atoms with Gasteiger partial charge in [0.1, 0.15) is 16.7 Å². The molecule has 0 aliphatic rings. The molecular weight excluding hydrogens is 336 g/mol. The molecule has 3 heterocycles. The monoisotopic (exact) mass is 356 g/mol. The molecule has 0 aliphatic carbocycles. The van der Waals surface area contributed by atoms with Gasteiger partial charge in [0.2, 0.25) is 0 Å². The summed E-state index contributed by atoms with van der Waals surface area (Å²) in [5.41, 5.74) is 0.801. The first-order valence-electron chi connectivity index (χ1n) is 8.19. The average molecular weight is 356 g/mol. The summed E-state index contributed by atoms with van der Waals surface area (Å²) < 4.78 is 0. The van der Waals surface area contributed by atoms with Crippen molar-refractivity contribution >= 4 is 33.3 Å². The molecule has 0 radical (unpaired) electrons. The van der Waals surface area contributed by atoms with E-state index >= 15 is 0 Å². The number of rotatable bonds is 6. The molecule has 1 unspecified atom stereocenters. The number of aryl methyl sites for hydroxylation is 1. The summed E-state index contributed by atoms with van der Waals surface area (Å²) in [4.78, 5) is 27.0. The molecule has 0 fully saturated rings. The smallest absolute Gasteiger partial charge is 0.326 e. The maximum Gasteiger partial charge on any atom is 0.326 e. The number of carboxylic acids is 1. The van der Waals surface area contributed by atoms with E-state index in [9.17, 15) is 9.90 Å². The third-order valence-electron chi connectivity index (χ3n) is 3.94. The summed E-state index contributed by atoms with van der Waals surface area (Å²) in [6, 6.07) is 5.04. The molecule has 130 valence electrons. The lowest BCUT2D eigenvalue weighted by atomic mass is 10.0. The van der Waals surface area contributed by atoms with Gasteiger partial charge in [-0.2, -0.15) is 0 Å². The van der Waals surface area contributed by atoms with Crippen molar-refractivity contribution in [2.75, 3.05) is 5.32 Å². The summed E-state index contributed by atoms with van der Waals surface area (Å²) in [6.45, 7) is 5.83. The van der Waals surface area contributed by atoms with E-state index < -0.39 is 12.0 Å². The van der Waals surface area contributed by atoms with Crippen LogP contribution in [-0.4, -0.2) is 32.1 Å². The molecule has 0 amide bonds. The van der Waals surface area contributed by atoms with Crippen LogP contribution in [-0.2, 0) is 11.2 Å². The molecule has 7 heteroatoms. The Labute approximate surface area is 150 Å². The number of nitrogens with zero attached hydrogens (tertiary/aromatic N) is 3. The molecule has 0 bridgehead atoms. The molecule has 0 saturated carbocycles. The fourth-order valence-corrected chi connectivity index (χ4v) is 3.51. The maximum atomic E-state index is 11.6. The Morgan fingerprint density at radius 2 is 2.16 bits per heavy atom. The molecule has 3 aromatic heterocycles. The van der Waals surface area contributed by atoms with Gasteiger partial charge >= 0.3 is 5.97 Å². The van der Waals surface area contributed by atoms with Crippen molar-refractivity contribution in [3.05, 3.63) is 35.5 Å². The van der Waals surface area contributed by atoms with E-state index in [0.29, 0.717) is 11.6 Å². The van der Waals surface area contributed by atoms with E-state index in [4.69, 9.17) is 0 Å². The summed E-state index contributed by atoms with van der Waals surface area (Å²) in [5.74, 6) is 0.130. The van der Waals surface area contributed by atoms with Crippen LogP contribution in [0.5, 0.6) is 0 Å². The fraction of sp³-hybridized carbons (Fsp3) is 0.333. The van der Waals surface area contributed by atoms with Crippen LogP contribution in [0.2, 0.25) is 0 Å². The number of aromatic nitrogens is 3. The Balaban J connectivity index is 2.14. The molecule has 0 aliphatic heterocycles. The number of hydrogen-bond donors (Lipinski definition) is 2. The zero-order valence-corrected chi connectivity index (χ0v) is 15.2. The summed E-state index contributed by atoms with van der Waals surface area (Å²) >= 11 is 1.61. The highest BCUT2D eigenvalue weighted by molar-refractivity contribution is 7.18. The van der Waals surface area contributed by atoms with E-state index in [0.717, 1.165) is 22.2 Å². The van der Waals surface area contributed by atoms with Crippen molar-refractivity contribution in [1.82, 2.24) is 15.0 Å². The minimum atomic E-state index is -0.893. The lowest BCUT2D eigenvalue weighted by Gasteiger charge is -2.19. The normalized spacial score (nSPS) is 12.5. The van der Waals surface area contributed by atoms with Gasteiger partial charge in [-0.15, -0.1) is 11.3 Å². The van der Waals surface area contributed by atoms with Gasteiger partial charge < -0.3 is 10.4 Å². The highest BCUT2D eigenvalue weighted by Crippen LogP contribution is 2.32. The zero-order chi connectivity index (χ0) is 18.0. The van der Waals surface area contributed by atoms with Gasteiger partial charge in [-0.1, -0.05) is 20.8 Å². The van der Waals surface area contributed by atoms with Gasteiger partial charge in [0.15, 0.2) is 5.82 Å². The highest BCUT2D eigenvalue weighted by atomic mass is 32.1. The van der Waals surface area contributed by atoms with Gasteiger partial charge in [0, 0.05) is 22.8 Å². The number of hydrogen-bond acceptors (Lipinski definition) is 6. The largest absolute Gasteiger partial charge is 0.480 e. The van der Waals surface area contributed by atoms with Crippen LogP contribution in [0.15, 0.2) is 30.6 Å². The third-order valence-corrected chi connectivity index (χ3v) is 5.11. The fourth-order valence-electron chi connectivity index (χ4n) is 2.54. The Bertz CT molecular complexity index is 893. The first-order chi connectivity index (χ1) is 12.0. The topological polar surface area (TPSA) is 88.0 Å². The van der Waals surface area contributed by atoms with E-state index in [1.54, 1.807) is 23.7 Å². The minimum Gasteiger partial charge on any atom is -0.480 e. The Hall–Kier alpha value is -2.54. The van der Waals surface area contributed by atoms with E-state index in [1.165, 1.54) is 4.88 Å². The van der Waals surface area contributed by atoms with Gasteiger partial charge in [0.05, 0.1) is 5.39 Å². The molecular formula is C18H20N4O2S. The minimum absolute atomic E-state index is 0.0753. The van der Waals surface area contributed by atoms with E-state index in [1.807, 2.05) is 32.0 Å². The van der Waals surface area contributed by atoms with Gasteiger partial charge in [-0.05, 0) is 30.5 Å². The Morgan fingerprint density at radius 3 is 2.76 bits per heavy atom. The lowest BCUT2D eigenvalue weighted by Crippen LogP contribution is -2.34. The quantitative estimate of drug-likeness (QED) is 0.698. The number of nitrogens with one attached hydrogen (secondary N) is 1. The number of anilines is 1. The average Bonchev–Trinajstić information content (AvgIpc) is 3.03. The van der Waals surface area contributed by atoms with Crippen molar-refractivity contribution in [2.24, 2.45) is 5.92 Å². The van der Waals surface area contributed by atoms with Crippen LogP contribution in [0.1, 0.15) is 25.6 Å². The van der Waals surface area contributed by atoms with Gasteiger partial charge in [-0.25, -0.2) is 14.8 Å². The van der Waals surface area contributed by atoms with Crippen LogP contribution in [0.25, 0.3) is 21.6 Å². The van der Waals surface area contributed by atoms with Crippen LogP contribution in [0, 0.1) is 5.92 Å². The molecule has 25 heavy (non-hydrogen) atoms. The standard InChI is InChI=1S/C18H20N4O2S/c1-4-12-8-13-16(20-14(10(2)3)18(23)24)21-15(22-17(13)25-12)11-6-5-7-19-9-11/h5-10,14H,4H2,1-3H3,(H,23,24)(H,20,21,22). The number of carbonyl (C=O) groups is 1. The third kappa shape index (κ3) is 3.61. The predicted octanol–water partition coefficient (Wildman–Crippen LogP) is 3.84. The molecule has 3 rings (SSSR count). The second-order valence-corrected chi connectivity index (χ2v) is 7.24. The Morgan fingerprint density at radius 1 is 1.36 bits per heavy atom. The molecule has 0 spiro atoms. The van der Waals surface area contributed by atoms with Crippen LogP contribution in [0.4, 0.5) is 5.82 Å². The number of pyridine rings is 1. The van der Waals surface area contributed by atoms with Crippen LogP contribution < -0.4 is 5.32 Å². The number of carboxylic acid groups (broad SMARTS) is 1. The second-order valence-electron chi connectivity index (χ2n) is 6.13. The number of fused-ring (bicyclic) bond motifs is 1. The van der Waals surface area contributed by atoms with Crippen molar-refractivity contribution in [3.8, 4) is 11.4 Å². The number of aliphatic carboxylic acids is 1. The Kier molecular flexibility index (Phi) is 4.94. The first kappa shape index (κ1) is 17.3. The zero-order valence-electron chi connectivity index (χ0n) is 14.4. The molecule has 3 aromatic rings. The highest BCUT2D eigenvalue weighted by Gasteiger charge is 2.23. The first-order valence-corrected chi connectivity index (χ1v) is 9.01. The summed E-state index contributed by atoms with van der Waals surface area (Å²) in [5, 5.41) is 13.5. The van der Waals surface area contributed by atoms with Crippen molar-refractivity contribution in [2.45, 2.75) is 33.2 Å². The molecule has 1 atom stereocenters. The molecule has 0 aromatic carbocycles. The van der Waals surface area contributed by atoms with Crippen LogP contribution in [0.3, 0.4) is 0 Å². The summed E-state index contributed by atoms with van der Waals surface area (Å²) in [6.07, 6.45) is 4.30. The van der Waals surface area contributed by atoms with Gasteiger partial charge in [0.25, 0.3) is 0 Å². The van der Waals surface area contributed by atoms with Crippen molar-refractivity contribution in [3.63, 3.8) is 0 Å². The summed E-state index contributed by atoms with van der Waals surface area (Å²) in [7, 11) is 0. The maximum absolute atomic E-state index is 11.6.